The molecule has 1 aromatic heterocycles. The molecule has 1 unspecified atom stereocenters. The third-order valence-corrected chi connectivity index (χ3v) is 6.03. The minimum atomic E-state index is -0.343. The van der Waals surface area contributed by atoms with Crippen LogP contribution in [0.5, 0.6) is 0 Å². The number of likely N-dealkylation sites (N-methyl/N-ethyl adjacent to an activating group) is 1. The van der Waals surface area contributed by atoms with E-state index in [0.717, 1.165) is 28.1 Å². The van der Waals surface area contributed by atoms with Crippen molar-refractivity contribution in [2.45, 2.75) is 26.3 Å². The summed E-state index contributed by atoms with van der Waals surface area (Å²) in [5, 5.41) is 9.67. The first-order valence-corrected chi connectivity index (χ1v) is 11.4. The maximum Gasteiger partial charge on any atom is 0.257 e. The predicted molar refractivity (Wildman–Crippen MR) is 133 cm³/mol. The second kappa shape index (κ2) is 10.2. The summed E-state index contributed by atoms with van der Waals surface area (Å²) in [5.74, 6) is 0.270. The topological polar surface area (TPSA) is 78.2 Å². The number of amides is 2. The van der Waals surface area contributed by atoms with E-state index in [1.807, 2.05) is 50.2 Å². The van der Waals surface area contributed by atoms with Crippen LogP contribution in [0.25, 0.3) is 0 Å². The van der Waals surface area contributed by atoms with Gasteiger partial charge in [0.15, 0.2) is 0 Å². The maximum absolute atomic E-state index is 13.2. The van der Waals surface area contributed by atoms with Gasteiger partial charge >= 0.3 is 0 Å². The molecule has 0 bridgehead atoms. The molecule has 0 fully saturated rings. The maximum atomic E-state index is 13.2. The van der Waals surface area contributed by atoms with Gasteiger partial charge in [-0.25, -0.2) is 5.01 Å². The smallest absolute Gasteiger partial charge is 0.257 e. The Bertz CT molecular complexity index is 1190. The number of halogens is 1. The molecule has 176 valence electrons. The first-order valence-electron chi connectivity index (χ1n) is 11.1. The Hall–Kier alpha value is -3.42. The number of nitrogens with zero attached hydrogens (tertiary/aromatic N) is 3. The van der Waals surface area contributed by atoms with Crippen molar-refractivity contribution in [2.75, 3.05) is 25.5 Å². The van der Waals surface area contributed by atoms with Gasteiger partial charge in [0, 0.05) is 17.1 Å². The Balaban J connectivity index is 1.45. The van der Waals surface area contributed by atoms with E-state index in [2.05, 4.69) is 10.4 Å². The van der Waals surface area contributed by atoms with Crippen molar-refractivity contribution in [3.8, 4) is 0 Å². The standard InChI is InChI=1S/C26H27ClN4O3/c1-17-6-4-7-18(2)26(17)28-24(32)15-30(3)16-25(33)31-22(23-8-5-13-34-23)14-21(29-31)19-9-11-20(27)12-10-19/h4-13,22H,14-16H2,1-3H3,(H,28,32). The number of nitrogens with one attached hydrogen (secondary N) is 1. The number of hydrazone groups is 1. The average Bonchev–Trinajstić information content (AvgIpc) is 3.47. The first kappa shape index (κ1) is 23.7. The molecule has 8 heteroatoms. The zero-order chi connectivity index (χ0) is 24.2. The van der Waals surface area contributed by atoms with Gasteiger partial charge in [0.25, 0.3) is 5.91 Å². The number of carbonyl (C=O) groups is 2. The molecule has 1 N–H and O–H groups in total. The molecule has 1 atom stereocenters. The van der Waals surface area contributed by atoms with E-state index in [4.69, 9.17) is 16.0 Å². The third-order valence-electron chi connectivity index (χ3n) is 5.78. The van der Waals surface area contributed by atoms with Gasteiger partial charge in [-0.05, 0) is 61.9 Å². The number of hydrogen-bond donors (Lipinski definition) is 1. The monoisotopic (exact) mass is 478 g/mol. The minimum Gasteiger partial charge on any atom is -0.467 e. The van der Waals surface area contributed by atoms with Crippen LogP contribution < -0.4 is 5.32 Å². The van der Waals surface area contributed by atoms with Crippen LogP contribution in [0, 0.1) is 13.8 Å². The predicted octanol–water partition coefficient (Wildman–Crippen LogP) is 4.80. The molecular weight excluding hydrogens is 452 g/mol. The lowest BCUT2D eigenvalue weighted by molar-refractivity contribution is -0.134. The lowest BCUT2D eigenvalue weighted by Crippen LogP contribution is -2.39. The van der Waals surface area contributed by atoms with E-state index in [0.29, 0.717) is 17.2 Å². The Morgan fingerprint density at radius 2 is 1.79 bits per heavy atom. The molecule has 34 heavy (non-hydrogen) atoms. The highest BCUT2D eigenvalue weighted by Crippen LogP contribution is 2.33. The van der Waals surface area contributed by atoms with Crippen LogP contribution in [0.4, 0.5) is 5.69 Å². The number of rotatable bonds is 7. The summed E-state index contributed by atoms with van der Waals surface area (Å²) in [6.45, 7) is 4.02. The van der Waals surface area contributed by atoms with Crippen molar-refractivity contribution in [3.63, 3.8) is 0 Å². The molecule has 0 radical (unpaired) electrons. The van der Waals surface area contributed by atoms with Crippen LogP contribution in [0.15, 0.2) is 70.4 Å². The minimum absolute atomic E-state index is 0.0365. The number of benzene rings is 2. The SMILES string of the molecule is Cc1cccc(C)c1NC(=O)CN(C)CC(=O)N1N=C(c2ccc(Cl)cc2)CC1c1ccco1. The molecule has 3 aromatic rings. The first-order chi connectivity index (χ1) is 16.3. The molecule has 0 saturated carbocycles. The van der Waals surface area contributed by atoms with Gasteiger partial charge in [-0.3, -0.25) is 14.5 Å². The van der Waals surface area contributed by atoms with Gasteiger partial charge < -0.3 is 9.73 Å². The van der Waals surface area contributed by atoms with Crippen molar-refractivity contribution in [3.05, 3.63) is 88.3 Å². The molecule has 7 nitrogen and oxygen atoms in total. The van der Waals surface area contributed by atoms with Crippen LogP contribution in [-0.2, 0) is 9.59 Å². The number of carbonyl (C=O) groups excluding carboxylic acids is 2. The van der Waals surface area contributed by atoms with E-state index >= 15 is 0 Å². The Morgan fingerprint density at radius 3 is 2.44 bits per heavy atom. The van der Waals surface area contributed by atoms with Crippen LogP contribution in [-0.4, -0.2) is 47.6 Å². The van der Waals surface area contributed by atoms with Crippen molar-refractivity contribution in [1.82, 2.24) is 9.91 Å². The Kier molecular flexibility index (Phi) is 7.14. The number of hydrogen-bond acceptors (Lipinski definition) is 5. The summed E-state index contributed by atoms with van der Waals surface area (Å²) in [4.78, 5) is 27.5. The van der Waals surface area contributed by atoms with Crippen LogP contribution in [0.3, 0.4) is 0 Å². The largest absolute Gasteiger partial charge is 0.467 e. The van der Waals surface area contributed by atoms with Gasteiger partial charge in [0.2, 0.25) is 5.91 Å². The molecular formula is C26H27ClN4O3. The highest BCUT2D eigenvalue weighted by molar-refractivity contribution is 6.30. The zero-order valence-corrected chi connectivity index (χ0v) is 20.2. The van der Waals surface area contributed by atoms with Gasteiger partial charge in [-0.2, -0.15) is 5.10 Å². The lowest BCUT2D eigenvalue weighted by Gasteiger charge is -2.23. The van der Waals surface area contributed by atoms with Gasteiger partial charge in [0.05, 0.1) is 25.1 Å². The van der Waals surface area contributed by atoms with Crippen molar-refractivity contribution >= 4 is 34.8 Å². The fourth-order valence-corrected chi connectivity index (χ4v) is 4.18. The normalized spacial score (nSPS) is 15.5. The zero-order valence-electron chi connectivity index (χ0n) is 19.4. The molecule has 1 aliphatic heterocycles. The van der Waals surface area contributed by atoms with Crippen LogP contribution >= 0.6 is 11.6 Å². The lowest BCUT2D eigenvalue weighted by atomic mass is 10.0. The number of para-hydroxylation sites is 1. The summed E-state index contributed by atoms with van der Waals surface area (Å²) in [6, 6.07) is 16.5. The summed E-state index contributed by atoms with van der Waals surface area (Å²) in [7, 11) is 1.74. The number of aryl methyl sites for hydroxylation is 2. The quantitative estimate of drug-likeness (QED) is 0.529. The number of anilines is 1. The van der Waals surface area contributed by atoms with Gasteiger partial charge in [-0.15, -0.1) is 0 Å². The number of furan rings is 1. The van der Waals surface area contributed by atoms with Crippen LogP contribution in [0.1, 0.15) is 34.9 Å². The Labute approximate surface area is 204 Å². The van der Waals surface area contributed by atoms with Crippen LogP contribution in [0.2, 0.25) is 5.02 Å². The summed E-state index contributed by atoms with van der Waals surface area (Å²) < 4.78 is 5.59. The van der Waals surface area contributed by atoms with Crippen molar-refractivity contribution in [1.29, 1.82) is 0 Å². The van der Waals surface area contributed by atoms with Crippen molar-refractivity contribution < 1.29 is 14.0 Å². The Morgan fingerprint density at radius 1 is 1.09 bits per heavy atom. The van der Waals surface area contributed by atoms with E-state index in [1.165, 1.54) is 5.01 Å². The molecule has 0 saturated heterocycles. The molecule has 0 aliphatic carbocycles. The van der Waals surface area contributed by atoms with Gasteiger partial charge in [-0.1, -0.05) is 41.9 Å². The third kappa shape index (κ3) is 5.38. The van der Waals surface area contributed by atoms with Gasteiger partial charge in [0.1, 0.15) is 11.8 Å². The van der Waals surface area contributed by atoms with E-state index in [9.17, 15) is 9.59 Å². The van der Waals surface area contributed by atoms with E-state index < -0.39 is 0 Å². The molecule has 1 aliphatic rings. The summed E-state index contributed by atoms with van der Waals surface area (Å²) in [5.41, 5.74) is 4.48. The molecule has 2 heterocycles. The fourth-order valence-electron chi connectivity index (χ4n) is 4.05. The summed E-state index contributed by atoms with van der Waals surface area (Å²) >= 11 is 6.02. The molecule has 0 spiro atoms. The second-order valence-corrected chi connectivity index (χ2v) is 8.95. The highest BCUT2D eigenvalue weighted by atomic mass is 35.5. The molecule has 2 amide bonds. The van der Waals surface area contributed by atoms with Crippen molar-refractivity contribution in [2.24, 2.45) is 5.10 Å². The molecule has 2 aromatic carbocycles. The van der Waals surface area contributed by atoms with E-state index in [-0.39, 0.29) is 30.9 Å². The van der Waals surface area contributed by atoms with E-state index in [1.54, 1.807) is 36.4 Å². The molecule has 4 rings (SSSR count). The average molecular weight is 479 g/mol. The second-order valence-electron chi connectivity index (χ2n) is 8.51. The fraction of sp³-hybridized carbons (Fsp3) is 0.269. The summed E-state index contributed by atoms with van der Waals surface area (Å²) in [6.07, 6.45) is 2.11. The highest BCUT2D eigenvalue weighted by Gasteiger charge is 2.35.